The monoisotopic (exact) mass is 402 g/mol. The molecule has 0 aromatic carbocycles. The minimum atomic E-state index is -0.407. The van der Waals surface area contributed by atoms with Gasteiger partial charge in [-0.15, -0.1) is 0 Å². The number of carbonyl (C=O) groups excluding carboxylic acids is 3. The van der Waals surface area contributed by atoms with E-state index >= 15 is 0 Å². The van der Waals surface area contributed by atoms with Gasteiger partial charge in [0, 0.05) is 24.7 Å². The number of esters is 2. The van der Waals surface area contributed by atoms with Crippen LogP contribution in [0, 0.1) is 46.3 Å². The molecule has 10 atom stereocenters. The molecule has 5 rings (SSSR count). The zero-order valence-electron chi connectivity index (χ0n) is 18.1. The van der Waals surface area contributed by atoms with Crippen molar-refractivity contribution in [2.24, 2.45) is 46.3 Å². The van der Waals surface area contributed by atoms with Crippen LogP contribution in [0.4, 0.5) is 0 Å². The summed E-state index contributed by atoms with van der Waals surface area (Å²) in [6, 6.07) is 0. The molecule has 0 unspecified atom stereocenters. The van der Waals surface area contributed by atoms with Crippen LogP contribution in [0.3, 0.4) is 0 Å². The largest absolute Gasteiger partial charge is 0.463 e. The molecule has 0 bridgehead atoms. The topological polar surface area (TPSA) is 69.7 Å². The van der Waals surface area contributed by atoms with E-state index in [9.17, 15) is 14.4 Å². The first-order chi connectivity index (χ1) is 13.7. The van der Waals surface area contributed by atoms with E-state index in [2.05, 4.69) is 13.8 Å². The predicted molar refractivity (Wildman–Crippen MR) is 106 cm³/mol. The van der Waals surface area contributed by atoms with E-state index in [-0.39, 0.29) is 41.4 Å². The first-order valence-electron chi connectivity index (χ1n) is 11.6. The van der Waals surface area contributed by atoms with Crippen molar-refractivity contribution in [2.75, 3.05) is 0 Å². The Bertz CT molecular complexity index is 760. The Balaban J connectivity index is 1.42. The number of carbonyl (C=O) groups is 3. The van der Waals surface area contributed by atoms with Crippen LogP contribution < -0.4 is 0 Å². The van der Waals surface area contributed by atoms with Gasteiger partial charge in [-0.25, -0.2) is 0 Å². The third-order valence-corrected chi connectivity index (χ3v) is 10.1. The fraction of sp³-hybridized carbons (Fsp3) is 0.875. The molecule has 0 aromatic rings. The Kier molecular flexibility index (Phi) is 4.25. The second-order valence-electron chi connectivity index (χ2n) is 11.1. The Morgan fingerprint density at radius 1 is 1.10 bits per heavy atom. The maximum Gasteiger partial charge on any atom is 0.309 e. The molecule has 5 fully saturated rings. The number of fused-ring (bicyclic) bond motifs is 7. The molecule has 1 aliphatic heterocycles. The quantitative estimate of drug-likeness (QED) is 0.622. The summed E-state index contributed by atoms with van der Waals surface area (Å²) in [4.78, 5) is 37.2. The van der Waals surface area contributed by atoms with E-state index in [0.29, 0.717) is 35.9 Å². The summed E-state index contributed by atoms with van der Waals surface area (Å²) in [6.45, 7) is 7.99. The van der Waals surface area contributed by atoms with Gasteiger partial charge in [0.1, 0.15) is 18.0 Å². The van der Waals surface area contributed by atoms with Crippen molar-refractivity contribution in [2.45, 2.75) is 84.8 Å². The molecule has 1 saturated heterocycles. The van der Waals surface area contributed by atoms with E-state index in [0.717, 1.165) is 38.5 Å². The van der Waals surface area contributed by atoms with Crippen molar-refractivity contribution in [1.82, 2.24) is 0 Å². The minimum absolute atomic E-state index is 0.0396. The summed E-state index contributed by atoms with van der Waals surface area (Å²) < 4.78 is 11.3. The van der Waals surface area contributed by atoms with Gasteiger partial charge in [-0.2, -0.15) is 0 Å². The summed E-state index contributed by atoms with van der Waals surface area (Å²) in [5, 5.41) is 0. The third-order valence-electron chi connectivity index (χ3n) is 10.1. The van der Waals surface area contributed by atoms with Crippen LogP contribution in [0.25, 0.3) is 0 Å². The van der Waals surface area contributed by atoms with Crippen molar-refractivity contribution >= 4 is 17.7 Å². The molecular weight excluding hydrogens is 368 g/mol. The van der Waals surface area contributed by atoms with Crippen LogP contribution in [0.2, 0.25) is 0 Å². The summed E-state index contributed by atoms with van der Waals surface area (Å²) in [6.07, 6.45) is 6.66. The van der Waals surface area contributed by atoms with Gasteiger partial charge in [-0.3, -0.25) is 14.4 Å². The van der Waals surface area contributed by atoms with Crippen LogP contribution in [-0.2, 0) is 23.9 Å². The van der Waals surface area contributed by atoms with Crippen LogP contribution in [0.5, 0.6) is 0 Å². The number of hydrogen-bond donors (Lipinski definition) is 0. The molecular formula is C24H34O5. The van der Waals surface area contributed by atoms with Crippen molar-refractivity contribution in [3.63, 3.8) is 0 Å². The number of hydrogen-bond acceptors (Lipinski definition) is 5. The van der Waals surface area contributed by atoms with E-state index in [1.165, 1.54) is 6.92 Å². The highest BCUT2D eigenvalue weighted by molar-refractivity contribution is 5.89. The van der Waals surface area contributed by atoms with Crippen LogP contribution in [-0.4, -0.2) is 29.9 Å². The Labute approximate surface area is 173 Å². The zero-order chi connectivity index (χ0) is 20.7. The minimum Gasteiger partial charge on any atom is -0.463 e. The van der Waals surface area contributed by atoms with Gasteiger partial charge < -0.3 is 9.47 Å². The molecule has 0 spiro atoms. The van der Waals surface area contributed by atoms with Crippen LogP contribution >= 0.6 is 0 Å². The van der Waals surface area contributed by atoms with Crippen molar-refractivity contribution in [1.29, 1.82) is 0 Å². The molecule has 5 nitrogen and oxygen atoms in total. The van der Waals surface area contributed by atoms with Gasteiger partial charge in [0.25, 0.3) is 0 Å². The van der Waals surface area contributed by atoms with Gasteiger partial charge in [0.2, 0.25) is 0 Å². The molecule has 4 saturated carbocycles. The van der Waals surface area contributed by atoms with Crippen LogP contribution in [0.15, 0.2) is 0 Å². The van der Waals surface area contributed by atoms with E-state index in [1.807, 2.05) is 6.92 Å². The van der Waals surface area contributed by atoms with E-state index < -0.39 is 5.41 Å². The molecule has 0 radical (unpaired) electrons. The number of Topliss-reactive ketones (excluding diaryl/α,β-unsaturated/α-hetero) is 1. The molecule has 160 valence electrons. The van der Waals surface area contributed by atoms with Crippen molar-refractivity contribution in [3.05, 3.63) is 0 Å². The lowest BCUT2D eigenvalue weighted by atomic mass is 9.44. The van der Waals surface area contributed by atoms with Crippen molar-refractivity contribution < 1.29 is 23.9 Å². The fourth-order valence-corrected chi connectivity index (χ4v) is 8.68. The SMILES string of the molecule is CC(=O)O[C@H]1CC[C@@]2(C)[C@@H](CC[C@@H]3[C@@H]2CC(=O)[C@]2(C)[C@@H]4[C@H](C[C@@H]32)OC(=O)[C@H]4C)C1. The summed E-state index contributed by atoms with van der Waals surface area (Å²) in [5.41, 5.74) is -0.258. The van der Waals surface area contributed by atoms with Crippen LogP contribution in [0.1, 0.15) is 72.6 Å². The van der Waals surface area contributed by atoms with Gasteiger partial charge in [0.15, 0.2) is 0 Å². The lowest BCUT2D eigenvalue weighted by molar-refractivity contribution is -0.167. The van der Waals surface area contributed by atoms with Crippen molar-refractivity contribution in [3.8, 4) is 0 Å². The second-order valence-corrected chi connectivity index (χ2v) is 11.1. The molecule has 0 N–H and O–H groups in total. The standard InChI is InChI=1S/C24H34O5/c1-12-21-19(29-22(12)27)10-18-16-6-5-14-9-15(28-13(2)25)7-8-23(14,3)17(16)11-20(26)24(18,21)4/h12,14-19,21H,5-11H2,1-4H3/t12-,14-,15-,16+,17-,18-,19-,21-,23-,24+/m0/s1. The summed E-state index contributed by atoms with van der Waals surface area (Å²) in [5.74, 6) is 1.77. The summed E-state index contributed by atoms with van der Waals surface area (Å²) in [7, 11) is 0. The van der Waals surface area contributed by atoms with Gasteiger partial charge in [-0.1, -0.05) is 20.8 Å². The molecule has 1 heterocycles. The third kappa shape index (κ3) is 2.54. The smallest absolute Gasteiger partial charge is 0.309 e. The average molecular weight is 403 g/mol. The molecule has 0 aromatic heterocycles. The molecule has 29 heavy (non-hydrogen) atoms. The Morgan fingerprint density at radius 3 is 2.59 bits per heavy atom. The lowest BCUT2D eigenvalue weighted by Crippen LogP contribution is -2.57. The van der Waals surface area contributed by atoms with E-state index in [1.54, 1.807) is 0 Å². The Hall–Kier alpha value is -1.39. The van der Waals surface area contributed by atoms with E-state index in [4.69, 9.17) is 9.47 Å². The molecule has 4 aliphatic carbocycles. The Morgan fingerprint density at radius 2 is 1.86 bits per heavy atom. The zero-order valence-corrected chi connectivity index (χ0v) is 18.1. The van der Waals surface area contributed by atoms with Gasteiger partial charge in [0.05, 0.1) is 5.92 Å². The maximum absolute atomic E-state index is 13.6. The fourth-order valence-electron chi connectivity index (χ4n) is 8.68. The normalized spacial score (nSPS) is 53.4. The lowest BCUT2D eigenvalue weighted by Gasteiger charge is -2.60. The highest BCUT2D eigenvalue weighted by Crippen LogP contribution is 2.68. The molecule has 5 aliphatic rings. The highest BCUT2D eigenvalue weighted by atomic mass is 16.6. The second kappa shape index (κ2) is 6.31. The highest BCUT2D eigenvalue weighted by Gasteiger charge is 2.69. The molecule has 5 heteroatoms. The first kappa shape index (κ1) is 19.6. The van der Waals surface area contributed by atoms with Gasteiger partial charge >= 0.3 is 11.9 Å². The maximum atomic E-state index is 13.6. The molecule has 0 amide bonds. The number of ketones is 1. The predicted octanol–water partition coefficient (Wildman–Crippen LogP) is 3.93. The number of rotatable bonds is 1. The van der Waals surface area contributed by atoms with Gasteiger partial charge in [-0.05, 0) is 67.6 Å². The summed E-state index contributed by atoms with van der Waals surface area (Å²) >= 11 is 0. The number of ether oxygens (including phenoxy) is 2. The first-order valence-corrected chi connectivity index (χ1v) is 11.6. The average Bonchev–Trinajstić information content (AvgIpc) is 3.10.